The number of aliphatic imine (C=N–C) groups is 1. The summed E-state index contributed by atoms with van der Waals surface area (Å²) >= 11 is 0. The van der Waals surface area contributed by atoms with Gasteiger partial charge in [0.25, 0.3) is 5.91 Å². The van der Waals surface area contributed by atoms with E-state index in [9.17, 15) is 4.79 Å². The normalized spacial score (nSPS) is 33.5. The molecule has 134 valence electrons. The van der Waals surface area contributed by atoms with Crippen molar-refractivity contribution in [2.45, 2.75) is 58.3 Å². The third kappa shape index (κ3) is 3.65. The van der Waals surface area contributed by atoms with E-state index in [4.69, 9.17) is 4.74 Å². The molecule has 3 nitrogen and oxygen atoms in total. The van der Waals surface area contributed by atoms with Crippen molar-refractivity contribution >= 4 is 11.8 Å². The molecule has 0 spiro atoms. The highest BCUT2D eigenvalue weighted by Crippen LogP contribution is 2.61. The van der Waals surface area contributed by atoms with Gasteiger partial charge in [0.2, 0.25) is 0 Å². The molecule has 1 aromatic carbocycles. The number of carbonyl (C=O) groups is 1. The van der Waals surface area contributed by atoms with Crippen LogP contribution in [0.5, 0.6) is 0 Å². The zero-order valence-electron chi connectivity index (χ0n) is 15.2. The molecule has 0 atom stereocenters. The van der Waals surface area contributed by atoms with E-state index in [2.05, 4.69) is 11.9 Å². The van der Waals surface area contributed by atoms with Crippen LogP contribution in [0.3, 0.4) is 0 Å². The monoisotopic (exact) mass is 339 g/mol. The smallest absolute Gasteiger partial charge is 0.279 e. The minimum Gasteiger partial charge on any atom is -0.481 e. The van der Waals surface area contributed by atoms with Gasteiger partial charge in [-0.25, -0.2) is 0 Å². The molecule has 1 aromatic rings. The number of ether oxygens (including phenoxy) is 1. The number of nitrogens with zero attached hydrogens (tertiary/aromatic N) is 1. The summed E-state index contributed by atoms with van der Waals surface area (Å²) < 4.78 is 5.95. The minimum atomic E-state index is -0.170. The summed E-state index contributed by atoms with van der Waals surface area (Å²) in [5.41, 5.74) is 0.990. The van der Waals surface area contributed by atoms with Gasteiger partial charge in [-0.05, 0) is 80.2 Å². The Kier molecular flexibility index (Phi) is 4.66. The summed E-state index contributed by atoms with van der Waals surface area (Å²) in [5, 5.41) is 0. The molecular weight excluding hydrogens is 310 g/mol. The van der Waals surface area contributed by atoms with E-state index in [1.165, 1.54) is 38.5 Å². The molecule has 0 aromatic heterocycles. The second-order valence-electron chi connectivity index (χ2n) is 8.62. The molecule has 4 fully saturated rings. The standard InChI is InChI=1S/C22H29NO2/c1-2-8-25-20(23-21(24)19-6-4-3-5-7-19)15-22-12-16-9-17(13-22)11-18(10-16)14-22/h3-7,16-18H,2,8-15H2,1H3. The molecule has 1 amide bonds. The van der Waals surface area contributed by atoms with Crippen LogP contribution in [0.15, 0.2) is 35.3 Å². The van der Waals surface area contributed by atoms with Crippen LogP contribution in [0.2, 0.25) is 0 Å². The Morgan fingerprint density at radius 1 is 1.08 bits per heavy atom. The van der Waals surface area contributed by atoms with Crippen molar-refractivity contribution < 1.29 is 9.53 Å². The quantitative estimate of drug-likeness (QED) is 0.542. The van der Waals surface area contributed by atoms with Crippen LogP contribution in [-0.2, 0) is 4.74 Å². The summed E-state index contributed by atoms with van der Waals surface area (Å²) in [6.45, 7) is 2.74. The van der Waals surface area contributed by atoms with Gasteiger partial charge in [-0.2, -0.15) is 4.99 Å². The van der Waals surface area contributed by atoms with E-state index in [-0.39, 0.29) is 5.91 Å². The van der Waals surface area contributed by atoms with Crippen molar-refractivity contribution in [1.82, 2.24) is 0 Å². The van der Waals surface area contributed by atoms with Gasteiger partial charge in [0.05, 0.1) is 6.61 Å². The zero-order chi connectivity index (χ0) is 17.3. The van der Waals surface area contributed by atoms with E-state index in [1.54, 1.807) is 0 Å². The van der Waals surface area contributed by atoms with Gasteiger partial charge in [-0.3, -0.25) is 4.79 Å². The fourth-order valence-electron chi connectivity index (χ4n) is 5.93. The Labute approximate surface area is 150 Å². The van der Waals surface area contributed by atoms with Crippen molar-refractivity contribution in [2.24, 2.45) is 28.2 Å². The average Bonchev–Trinajstić information content (AvgIpc) is 2.59. The number of benzene rings is 1. The van der Waals surface area contributed by atoms with Gasteiger partial charge in [0.1, 0.15) is 0 Å². The first-order valence-electron chi connectivity index (χ1n) is 9.95. The second-order valence-corrected chi connectivity index (χ2v) is 8.62. The first-order valence-corrected chi connectivity index (χ1v) is 9.95. The predicted molar refractivity (Wildman–Crippen MR) is 99.7 cm³/mol. The molecule has 5 rings (SSSR count). The maximum atomic E-state index is 12.5. The summed E-state index contributed by atoms with van der Waals surface area (Å²) in [4.78, 5) is 17.0. The van der Waals surface area contributed by atoms with Crippen molar-refractivity contribution in [3.8, 4) is 0 Å². The van der Waals surface area contributed by atoms with Crippen molar-refractivity contribution in [3.05, 3.63) is 35.9 Å². The van der Waals surface area contributed by atoms with Crippen molar-refractivity contribution in [3.63, 3.8) is 0 Å². The Morgan fingerprint density at radius 2 is 1.68 bits per heavy atom. The fourth-order valence-corrected chi connectivity index (χ4v) is 5.93. The first-order chi connectivity index (χ1) is 12.2. The number of rotatable bonds is 5. The summed E-state index contributed by atoms with van der Waals surface area (Å²) in [6, 6.07) is 9.34. The molecule has 4 aliphatic rings. The SMILES string of the molecule is CCCOC(CC12CC3CC(CC(C3)C1)C2)=NC(=O)c1ccccc1. The summed E-state index contributed by atoms with van der Waals surface area (Å²) in [7, 11) is 0. The van der Waals surface area contributed by atoms with E-state index in [1.807, 2.05) is 30.3 Å². The third-order valence-corrected chi connectivity index (χ3v) is 6.41. The summed E-state index contributed by atoms with van der Waals surface area (Å²) in [6.07, 6.45) is 10.0. The van der Waals surface area contributed by atoms with Crippen LogP contribution in [0, 0.1) is 23.2 Å². The molecule has 0 aliphatic heterocycles. The first kappa shape index (κ1) is 16.8. The van der Waals surface area contributed by atoms with E-state index >= 15 is 0 Å². The molecular formula is C22H29NO2. The number of hydrogen-bond donors (Lipinski definition) is 0. The van der Waals surface area contributed by atoms with Gasteiger partial charge in [0.15, 0.2) is 5.90 Å². The molecule has 3 heteroatoms. The molecule has 4 bridgehead atoms. The van der Waals surface area contributed by atoms with E-state index in [0.29, 0.717) is 23.5 Å². The number of hydrogen-bond acceptors (Lipinski definition) is 2. The van der Waals surface area contributed by atoms with Gasteiger partial charge < -0.3 is 4.74 Å². The molecule has 4 aliphatic carbocycles. The highest BCUT2D eigenvalue weighted by molar-refractivity contribution is 6.01. The van der Waals surface area contributed by atoms with Crippen LogP contribution in [0.1, 0.15) is 68.6 Å². The van der Waals surface area contributed by atoms with Crippen LogP contribution < -0.4 is 0 Å². The number of amides is 1. The molecule has 0 unspecified atom stereocenters. The van der Waals surface area contributed by atoms with Crippen molar-refractivity contribution in [1.29, 1.82) is 0 Å². The molecule has 0 heterocycles. The zero-order valence-corrected chi connectivity index (χ0v) is 15.2. The Balaban J connectivity index is 1.53. The molecule has 0 radical (unpaired) electrons. The van der Waals surface area contributed by atoms with Crippen LogP contribution in [-0.4, -0.2) is 18.4 Å². The molecule has 0 N–H and O–H groups in total. The molecule has 25 heavy (non-hydrogen) atoms. The lowest BCUT2D eigenvalue weighted by Gasteiger charge is -2.56. The van der Waals surface area contributed by atoms with Crippen LogP contribution in [0.25, 0.3) is 0 Å². The highest BCUT2D eigenvalue weighted by Gasteiger charge is 2.51. The topological polar surface area (TPSA) is 38.7 Å². The Hall–Kier alpha value is -1.64. The third-order valence-electron chi connectivity index (χ3n) is 6.41. The summed E-state index contributed by atoms with van der Waals surface area (Å²) in [5.74, 6) is 3.23. The van der Waals surface area contributed by atoms with E-state index < -0.39 is 0 Å². The van der Waals surface area contributed by atoms with Crippen LogP contribution in [0.4, 0.5) is 0 Å². The lowest BCUT2D eigenvalue weighted by Crippen LogP contribution is -2.47. The van der Waals surface area contributed by atoms with Gasteiger partial charge in [-0.15, -0.1) is 0 Å². The lowest BCUT2D eigenvalue weighted by atomic mass is 9.49. The van der Waals surface area contributed by atoms with Gasteiger partial charge in [-0.1, -0.05) is 25.1 Å². The fraction of sp³-hybridized carbons (Fsp3) is 0.636. The Morgan fingerprint density at radius 3 is 2.24 bits per heavy atom. The maximum absolute atomic E-state index is 12.5. The van der Waals surface area contributed by atoms with E-state index in [0.717, 1.165) is 30.6 Å². The van der Waals surface area contributed by atoms with Crippen LogP contribution >= 0.6 is 0 Å². The predicted octanol–water partition coefficient (Wildman–Crippen LogP) is 5.26. The average molecular weight is 339 g/mol. The Bertz CT molecular complexity index is 614. The molecule has 0 saturated heterocycles. The van der Waals surface area contributed by atoms with Crippen molar-refractivity contribution in [2.75, 3.05) is 6.61 Å². The largest absolute Gasteiger partial charge is 0.481 e. The molecule has 4 saturated carbocycles. The lowest BCUT2D eigenvalue weighted by molar-refractivity contribution is -0.0505. The van der Waals surface area contributed by atoms with Gasteiger partial charge in [0, 0.05) is 12.0 Å². The van der Waals surface area contributed by atoms with Gasteiger partial charge >= 0.3 is 0 Å². The second kappa shape index (κ2) is 6.93. The minimum absolute atomic E-state index is 0.170. The number of carbonyl (C=O) groups excluding carboxylic acids is 1. The maximum Gasteiger partial charge on any atom is 0.279 e. The highest BCUT2D eigenvalue weighted by atomic mass is 16.5.